The number of carbonyl (C=O) groups is 2. The number of esters is 1. The zero-order chi connectivity index (χ0) is 30.4. The van der Waals surface area contributed by atoms with Crippen LogP contribution in [0.2, 0.25) is 0 Å². The second-order valence-corrected chi connectivity index (χ2v) is 10.5. The lowest BCUT2D eigenvalue weighted by atomic mass is 10.00. The summed E-state index contributed by atoms with van der Waals surface area (Å²) in [7, 11) is 1.58. The SMILES string of the molecule is C/C=C(\C=C(\C)C(=O)CC)c1nc2cc(CNC(C(=O)OCCOC)C(C)C)ccc2n1CC1CCOCC1.CC. The summed E-state index contributed by atoms with van der Waals surface area (Å²) in [5, 5.41) is 3.37. The molecule has 0 radical (unpaired) electrons. The molecule has 0 amide bonds. The van der Waals surface area contributed by atoms with Gasteiger partial charge in [-0.15, -0.1) is 0 Å². The number of imidazole rings is 1. The highest BCUT2D eigenvalue weighted by molar-refractivity contribution is 5.97. The van der Waals surface area contributed by atoms with Crippen molar-refractivity contribution in [2.75, 3.05) is 33.5 Å². The van der Waals surface area contributed by atoms with Crippen molar-refractivity contribution in [1.29, 1.82) is 0 Å². The molecule has 1 N–H and O–H groups in total. The number of methoxy groups -OCH3 is 1. The summed E-state index contributed by atoms with van der Waals surface area (Å²) in [6.45, 7) is 17.3. The maximum absolute atomic E-state index is 12.6. The minimum Gasteiger partial charge on any atom is -0.462 e. The van der Waals surface area contributed by atoms with Gasteiger partial charge >= 0.3 is 5.97 Å². The number of ether oxygens (including phenoxy) is 3. The lowest BCUT2D eigenvalue weighted by Gasteiger charge is -2.24. The summed E-state index contributed by atoms with van der Waals surface area (Å²) in [6.07, 6.45) is 6.50. The molecule has 0 saturated carbocycles. The summed E-state index contributed by atoms with van der Waals surface area (Å²) < 4.78 is 18.2. The molecular weight excluding hydrogens is 518 g/mol. The number of nitrogens with one attached hydrogen (secondary N) is 1. The van der Waals surface area contributed by atoms with Crippen LogP contribution in [-0.4, -0.2) is 60.9 Å². The third-order valence-electron chi connectivity index (χ3n) is 7.27. The Morgan fingerprint density at radius 3 is 2.51 bits per heavy atom. The maximum Gasteiger partial charge on any atom is 0.323 e. The quantitative estimate of drug-likeness (QED) is 0.127. The number of rotatable bonds is 14. The highest BCUT2D eigenvalue weighted by Gasteiger charge is 2.24. The smallest absolute Gasteiger partial charge is 0.323 e. The molecule has 0 aliphatic carbocycles. The number of carbonyl (C=O) groups excluding carboxylic acids is 2. The third-order valence-corrected chi connectivity index (χ3v) is 7.27. The van der Waals surface area contributed by atoms with Gasteiger partial charge in [0.1, 0.15) is 18.5 Å². The zero-order valence-corrected chi connectivity index (χ0v) is 26.4. The van der Waals surface area contributed by atoms with Gasteiger partial charge in [-0.1, -0.05) is 46.8 Å². The van der Waals surface area contributed by atoms with Crippen molar-refractivity contribution >= 4 is 28.4 Å². The molecule has 1 saturated heterocycles. The number of fused-ring (bicyclic) bond motifs is 1. The summed E-state index contributed by atoms with van der Waals surface area (Å²) in [4.78, 5) is 30.0. The van der Waals surface area contributed by atoms with E-state index < -0.39 is 6.04 Å². The van der Waals surface area contributed by atoms with Gasteiger partial charge in [-0.2, -0.15) is 0 Å². The molecule has 228 valence electrons. The first-order valence-electron chi connectivity index (χ1n) is 15.1. The molecule has 1 aliphatic rings. The monoisotopic (exact) mass is 569 g/mol. The second-order valence-electron chi connectivity index (χ2n) is 10.5. The first-order valence-corrected chi connectivity index (χ1v) is 15.1. The number of nitrogens with zero attached hydrogens (tertiary/aromatic N) is 2. The van der Waals surface area contributed by atoms with Crippen LogP contribution >= 0.6 is 0 Å². The largest absolute Gasteiger partial charge is 0.462 e. The van der Waals surface area contributed by atoms with Crippen molar-refractivity contribution in [2.24, 2.45) is 11.8 Å². The number of hydrogen-bond donors (Lipinski definition) is 1. The van der Waals surface area contributed by atoms with Gasteiger partial charge in [-0.3, -0.25) is 9.59 Å². The average Bonchev–Trinajstić information content (AvgIpc) is 3.33. The first kappa shape index (κ1) is 34.4. The maximum atomic E-state index is 12.6. The number of hydrogen-bond acceptors (Lipinski definition) is 7. The van der Waals surface area contributed by atoms with E-state index in [1.807, 2.05) is 60.6 Å². The lowest BCUT2D eigenvalue weighted by Crippen LogP contribution is -2.42. The Balaban J connectivity index is 0.00000287. The molecule has 1 aromatic carbocycles. The van der Waals surface area contributed by atoms with Crippen LogP contribution in [0.15, 0.2) is 35.9 Å². The highest BCUT2D eigenvalue weighted by atomic mass is 16.6. The number of ketones is 1. The molecule has 1 fully saturated rings. The van der Waals surface area contributed by atoms with E-state index in [1.165, 1.54) is 0 Å². The van der Waals surface area contributed by atoms with Crippen LogP contribution in [0, 0.1) is 11.8 Å². The summed E-state index contributed by atoms with van der Waals surface area (Å²) in [5.74, 6) is 1.32. The molecule has 0 spiro atoms. The standard InChI is InChI=1S/C31H45N3O5.C2H6/c1-7-25(17-22(5)28(35)8-2)30-33-26-18-24(19-32-29(21(3)4)31(36)39-16-15-37-6)9-10-27(26)34(30)20-23-11-13-38-14-12-23;1-2/h7,9-10,17-18,21,23,29,32H,8,11-16,19-20H2,1-6H3;1-2H3/b22-17-,25-7+;. The van der Waals surface area contributed by atoms with E-state index in [-0.39, 0.29) is 24.3 Å². The number of Topliss-reactive ketones (excluding diaryl/α,β-unsaturated/α-hetero) is 1. The van der Waals surface area contributed by atoms with Crippen LogP contribution < -0.4 is 5.32 Å². The molecule has 0 bridgehead atoms. The highest BCUT2D eigenvalue weighted by Crippen LogP contribution is 2.28. The van der Waals surface area contributed by atoms with Gasteiger partial charge in [0, 0.05) is 45.4 Å². The third kappa shape index (κ3) is 9.90. The molecular formula is C33H51N3O5. The molecule has 8 heteroatoms. The van der Waals surface area contributed by atoms with Gasteiger partial charge in [0.15, 0.2) is 5.78 Å². The average molecular weight is 570 g/mol. The van der Waals surface area contributed by atoms with Gasteiger partial charge in [0.05, 0.1) is 17.6 Å². The van der Waals surface area contributed by atoms with Crippen molar-refractivity contribution in [3.05, 3.63) is 47.3 Å². The minimum absolute atomic E-state index is 0.0761. The molecule has 2 aromatic rings. The van der Waals surface area contributed by atoms with Crippen LogP contribution in [0.5, 0.6) is 0 Å². The summed E-state index contributed by atoms with van der Waals surface area (Å²) in [5.41, 5.74) is 4.67. The Kier molecular flexibility index (Phi) is 15.0. The van der Waals surface area contributed by atoms with Crippen molar-refractivity contribution in [3.8, 4) is 0 Å². The fourth-order valence-corrected chi connectivity index (χ4v) is 4.88. The molecule has 41 heavy (non-hydrogen) atoms. The molecule has 1 unspecified atom stereocenters. The van der Waals surface area contributed by atoms with Crippen LogP contribution in [0.3, 0.4) is 0 Å². The fraction of sp³-hybridized carbons (Fsp3) is 0.606. The van der Waals surface area contributed by atoms with Crippen LogP contribution in [0.1, 0.15) is 79.1 Å². The van der Waals surface area contributed by atoms with Gasteiger partial charge in [0.25, 0.3) is 0 Å². The molecule has 1 atom stereocenters. The van der Waals surface area contributed by atoms with Gasteiger partial charge in [0.2, 0.25) is 0 Å². The van der Waals surface area contributed by atoms with Crippen molar-refractivity contribution in [2.45, 2.75) is 86.9 Å². The first-order chi connectivity index (χ1) is 19.8. The zero-order valence-electron chi connectivity index (χ0n) is 26.4. The Morgan fingerprint density at radius 1 is 1.20 bits per heavy atom. The Morgan fingerprint density at radius 2 is 1.90 bits per heavy atom. The van der Waals surface area contributed by atoms with Crippen LogP contribution in [0.25, 0.3) is 16.6 Å². The van der Waals surface area contributed by atoms with E-state index in [4.69, 9.17) is 19.2 Å². The summed E-state index contributed by atoms with van der Waals surface area (Å²) in [6, 6.07) is 5.87. The van der Waals surface area contributed by atoms with Gasteiger partial charge in [-0.05, 0) is 67.9 Å². The Hall–Kier alpha value is -2.81. The topological polar surface area (TPSA) is 91.7 Å². The van der Waals surface area contributed by atoms with Crippen molar-refractivity contribution in [3.63, 3.8) is 0 Å². The number of aromatic nitrogens is 2. The molecule has 1 aliphatic heterocycles. The van der Waals surface area contributed by atoms with E-state index >= 15 is 0 Å². The van der Waals surface area contributed by atoms with Crippen LogP contribution in [-0.2, 0) is 36.9 Å². The van der Waals surface area contributed by atoms with E-state index in [2.05, 4.69) is 28.1 Å². The fourth-order valence-electron chi connectivity index (χ4n) is 4.88. The van der Waals surface area contributed by atoms with E-state index in [0.717, 1.165) is 66.2 Å². The molecule has 8 nitrogen and oxygen atoms in total. The molecule has 2 heterocycles. The van der Waals surface area contributed by atoms with E-state index in [9.17, 15) is 9.59 Å². The molecule has 1 aromatic heterocycles. The minimum atomic E-state index is -0.418. The van der Waals surface area contributed by atoms with Crippen molar-refractivity contribution < 1.29 is 23.8 Å². The predicted octanol–water partition coefficient (Wildman–Crippen LogP) is 6.12. The number of benzene rings is 1. The van der Waals surface area contributed by atoms with Crippen molar-refractivity contribution in [1.82, 2.24) is 14.9 Å². The molecule has 3 rings (SSSR count). The van der Waals surface area contributed by atoms with Gasteiger partial charge in [-0.25, -0.2) is 4.98 Å². The summed E-state index contributed by atoms with van der Waals surface area (Å²) >= 11 is 0. The predicted molar refractivity (Wildman–Crippen MR) is 166 cm³/mol. The van der Waals surface area contributed by atoms with Gasteiger partial charge < -0.3 is 24.1 Å². The Bertz CT molecular complexity index is 1170. The van der Waals surface area contributed by atoms with Crippen LogP contribution in [0.4, 0.5) is 0 Å². The van der Waals surface area contributed by atoms with E-state index in [1.54, 1.807) is 7.11 Å². The lowest BCUT2D eigenvalue weighted by molar-refractivity contribution is -0.148. The Labute approximate surface area is 246 Å². The number of allylic oxidation sites excluding steroid dienone is 4. The normalized spacial score (nSPS) is 15.5. The second kappa shape index (κ2) is 17.9. The van der Waals surface area contributed by atoms with E-state index in [0.29, 0.717) is 25.5 Å².